The number of hydrogen-bond acceptors (Lipinski definition) is 1. The summed E-state index contributed by atoms with van der Waals surface area (Å²) in [5, 5.41) is 3.01. The van der Waals surface area contributed by atoms with Crippen LogP contribution in [-0.4, -0.2) is 7.11 Å². The molecule has 0 N–H and O–H groups in total. The van der Waals surface area contributed by atoms with Gasteiger partial charge in [-0.2, -0.15) is 0 Å². The van der Waals surface area contributed by atoms with Gasteiger partial charge in [0, 0.05) is 10.4 Å². The van der Waals surface area contributed by atoms with E-state index in [2.05, 4.69) is 34.1 Å². The number of alkyl halides is 1. The van der Waals surface area contributed by atoms with Crippen LogP contribution in [0.15, 0.2) is 60.7 Å². The molecule has 3 aromatic carbocycles. The Labute approximate surface area is 137 Å². The first-order chi connectivity index (χ1) is 10.2. The fraction of sp³-hybridized carbons (Fsp3) is 0.111. The summed E-state index contributed by atoms with van der Waals surface area (Å²) in [5.74, 6) is 0.857. The molecule has 0 heterocycles. The minimum absolute atomic E-state index is 0.0924. The van der Waals surface area contributed by atoms with Crippen molar-refractivity contribution in [3.8, 4) is 5.75 Å². The average molecular weight is 362 g/mol. The normalized spacial score (nSPS) is 12.3. The summed E-state index contributed by atoms with van der Waals surface area (Å²) in [6.45, 7) is 0. The van der Waals surface area contributed by atoms with Crippen LogP contribution in [0.4, 0.5) is 0 Å². The Morgan fingerprint density at radius 1 is 0.952 bits per heavy atom. The number of rotatable bonds is 3. The maximum absolute atomic E-state index is 6.29. The first-order valence-electron chi connectivity index (χ1n) is 6.66. The summed E-state index contributed by atoms with van der Waals surface area (Å²) in [6, 6.07) is 20.3. The van der Waals surface area contributed by atoms with Gasteiger partial charge in [-0.15, -0.1) is 0 Å². The second-order valence-corrected chi connectivity index (χ2v) is 6.14. The maximum atomic E-state index is 6.29. The van der Waals surface area contributed by atoms with Crippen molar-refractivity contribution in [2.45, 2.75) is 4.83 Å². The van der Waals surface area contributed by atoms with Crippen molar-refractivity contribution in [1.29, 1.82) is 0 Å². The molecule has 0 radical (unpaired) electrons. The SMILES string of the molecule is COc1cccc(C(Br)c2ccc(Cl)c3ccccc23)c1. The summed E-state index contributed by atoms with van der Waals surface area (Å²) in [5.41, 5.74) is 2.35. The molecule has 0 aliphatic carbocycles. The lowest BCUT2D eigenvalue weighted by molar-refractivity contribution is 0.414. The Kier molecular flexibility index (Phi) is 4.18. The molecule has 0 fully saturated rings. The number of methoxy groups -OCH3 is 1. The maximum Gasteiger partial charge on any atom is 0.119 e. The summed E-state index contributed by atoms with van der Waals surface area (Å²) < 4.78 is 5.31. The minimum atomic E-state index is 0.0924. The standard InChI is InChI=1S/C18H14BrClO/c1-21-13-6-4-5-12(11-13)18(19)16-9-10-17(20)15-8-3-2-7-14(15)16/h2-11,18H,1H3. The number of benzene rings is 3. The third-order valence-corrected chi connectivity index (χ3v) is 4.92. The third-order valence-electron chi connectivity index (χ3n) is 3.56. The molecule has 21 heavy (non-hydrogen) atoms. The predicted molar refractivity (Wildman–Crippen MR) is 92.7 cm³/mol. The molecule has 1 atom stereocenters. The molecule has 0 saturated carbocycles. The zero-order valence-electron chi connectivity index (χ0n) is 11.5. The lowest BCUT2D eigenvalue weighted by Crippen LogP contribution is -1.95. The first kappa shape index (κ1) is 14.4. The number of halogens is 2. The number of hydrogen-bond donors (Lipinski definition) is 0. The van der Waals surface area contributed by atoms with Crippen molar-refractivity contribution in [2.24, 2.45) is 0 Å². The summed E-state index contributed by atoms with van der Waals surface area (Å²) in [7, 11) is 1.68. The van der Waals surface area contributed by atoms with Gasteiger partial charge in [0.15, 0.2) is 0 Å². The van der Waals surface area contributed by atoms with Gasteiger partial charge in [-0.05, 0) is 34.7 Å². The van der Waals surface area contributed by atoms with E-state index in [1.165, 1.54) is 5.56 Å². The largest absolute Gasteiger partial charge is 0.497 e. The summed E-state index contributed by atoms with van der Waals surface area (Å²) in [4.78, 5) is 0.0924. The van der Waals surface area contributed by atoms with Crippen LogP contribution < -0.4 is 4.74 Å². The van der Waals surface area contributed by atoms with E-state index < -0.39 is 0 Å². The van der Waals surface area contributed by atoms with Gasteiger partial charge in [-0.3, -0.25) is 0 Å². The van der Waals surface area contributed by atoms with E-state index >= 15 is 0 Å². The van der Waals surface area contributed by atoms with Gasteiger partial charge in [0.2, 0.25) is 0 Å². The zero-order valence-corrected chi connectivity index (χ0v) is 13.9. The monoisotopic (exact) mass is 360 g/mol. The van der Waals surface area contributed by atoms with E-state index in [9.17, 15) is 0 Å². The Hall–Kier alpha value is -1.51. The minimum Gasteiger partial charge on any atom is -0.497 e. The number of fused-ring (bicyclic) bond motifs is 1. The lowest BCUT2D eigenvalue weighted by Gasteiger charge is -2.15. The molecule has 3 aromatic rings. The molecule has 106 valence electrons. The van der Waals surface area contributed by atoms with E-state index in [4.69, 9.17) is 16.3 Å². The average Bonchev–Trinajstić information content (AvgIpc) is 2.55. The molecule has 0 aliphatic heterocycles. The highest BCUT2D eigenvalue weighted by atomic mass is 79.9. The van der Waals surface area contributed by atoms with Gasteiger partial charge < -0.3 is 4.74 Å². The smallest absolute Gasteiger partial charge is 0.119 e. The van der Waals surface area contributed by atoms with E-state index in [0.717, 1.165) is 27.1 Å². The summed E-state index contributed by atoms with van der Waals surface area (Å²) >= 11 is 10.1. The van der Waals surface area contributed by atoms with Gasteiger partial charge in [0.25, 0.3) is 0 Å². The van der Waals surface area contributed by atoms with Crippen molar-refractivity contribution >= 4 is 38.3 Å². The highest BCUT2D eigenvalue weighted by Gasteiger charge is 2.15. The molecule has 3 rings (SSSR count). The topological polar surface area (TPSA) is 9.23 Å². The van der Waals surface area contributed by atoms with Crippen molar-refractivity contribution in [1.82, 2.24) is 0 Å². The lowest BCUT2D eigenvalue weighted by atomic mass is 9.98. The molecule has 0 spiro atoms. The van der Waals surface area contributed by atoms with Gasteiger partial charge in [0.05, 0.1) is 11.9 Å². The van der Waals surface area contributed by atoms with Crippen LogP contribution in [0.1, 0.15) is 16.0 Å². The van der Waals surface area contributed by atoms with Gasteiger partial charge >= 0.3 is 0 Å². The Bertz CT molecular complexity index is 785. The first-order valence-corrected chi connectivity index (χ1v) is 7.95. The molecule has 3 heteroatoms. The van der Waals surface area contributed by atoms with Crippen LogP contribution in [-0.2, 0) is 0 Å². The fourth-order valence-electron chi connectivity index (χ4n) is 2.49. The van der Waals surface area contributed by atoms with E-state index in [0.29, 0.717) is 0 Å². The van der Waals surface area contributed by atoms with Crippen molar-refractivity contribution in [3.63, 3.8) is 0 Å². The molecule has 1 unspecified atom stereocenters. The van der Waals surface area contributed by atoms with E-state index in [1.54, 1.807) is 7.11 Å². The van der Waals surface area contributed by atoms with Crippen LogP contribution in [0, 0.1) is 0 Å². The van der Waals surface area contributed by atoms with Gasteiger partial charge in [-0.1, -0.05) is 70.0 Å². The Balaban J connectivity index is 2.13. The van der Waals surface area contributed by atoms with Gasteiger partial charge in [-0.25, -0.2) is 0 Å². The third kappa shape index (κ3) is 2.78. The fourth-order valence-corrected chi connectivity index (χ4v) is 3.40. The molecule has 0 amide bonds. The van der Waals surface area contributed by atoms with Crippen molar-refractivity contribution < 1.29 is 4.74 Å². The molecular weight excluding hydrogens is 348 g/mol. The van der Waals surface area contributed by atoms with Crippen LogP contribution in [0.5, 0.6) is 5.75 Å². The molecule has 0 bridgehead atoms. The van der Waals surface area contributed by atoms with Crippen molar-refractivity contribution in [3.05, 3.63) is 76.8 Å². The second-order valence-electron chi connectivity index (χ2n) is 4.82. The van der Waals surface area contributed by atoms with Crippen LogP contribution in [0.25, 0.3) is 10.8 Å². The van der Waals surface area contributed by atoms with Crippen LogP contribution in [0.3, 0.4) is 0 Å². The molecular formula is C18H14BrClO. The van der Waals surface area contributed by atoms with Crippen molar-refractivity contribution in [2.75, 3.05) is 7.11 Å². The summed E-state index contributed by atoms with van der Waals surface area (Å²) in [6.07, 6.45) is 0. The molecule has 0 saturated heterocycles. The van der Waals surface area contributed by atoms with Gasteiger partial charge in [0.1, 0.15) is 5.75 Å². The van der Waals surface area contributed by atoms with E-state index in [1.807, 2.05) is 42.5 Å². The van der Waals surface area contributed by atoms with E-state index in [-0.39, 0.29) is 4.83 Å². The highest BCUT2D eigenvalue weighted by molar-refractivity contribution is 9.09. The molecule has 1 nitrogen and oxygen atoms in total. The Morgan fingerprint density at radius 2 is 1.71 bits per heavy atom. The van der Waals surface area contributed by atoms with Crippen LogP contribution >= 0.6 is 27.5 Å². The zero-order chi connectivity index (χ0) is 14.8. The number of ether oxygens (including phenoxy) is 1. The van der Waals surface area contributed by atoms with Crippen LogP contribution in [0.2, 0.25) is 5.02 Å². The quantitative estimate of drug-likeness (QED) is 0.521. The Morgan fingerprint density at radius 3 is 2.48 bits per heavy atom. The second kappa shape index (κ2) is 6.08. The molecule has 0 aliphatic rings. The predicted octanol–water partition coefficient (Wildman–Crippen LogP) is 5.99. The highest BCUT2D eigenvalue weighted by Crippen LogP contribution is 2.38. The molecule has 0 aromatic heterocycles.